The number of aromatic nitrogens is 3. The van der Waals surface area contributed by atoms with Gasteiger partial charge in [0.25, 0.3) is 11.8 Å². The Kier molecular flexibility index (Phi) is 5.81. The Morgan fingerprint density at radius 3 is 2.56 bits per heavy atom. The van der Waals surface area contributed by atoms with Gasteiger partial charge in [0, 0.05) is 5.69 Å². The van der Waals surface area contributed by atoms with Crippen molar-refractivity contribution in [2.45, 2.75) is 6.92 Å². The molecule has 0 radical (unpaired) electrons. The van der Waals surface area contributed by atoms with Gasteiger partial charge in [0.2, 0.25) is 0 Å². The minimum absolute atomic E-state index is 0.0907. The van der Waals surface area contributed by atoms with Gasteiger partial charge < -0.3 is 19.8 Å². The maximum atomic E-state index is 12.7. The van der Waals surface area contributed by atoms with Crippen LogP contribution < -0.4 is 10.6 Å². The second-order valence-corrected chi connectivity index (χ2v) is 7.65. The summed E-state index contributed by atoms with van der Waals surface area (Å²) in [7, 11) is 1.27. The molecule has 4 rings (SSSR count). The molecule has 11 heteroatoms. The number of thiophene rings is 1. The predicted octanol–water partition coefficient (Wildman–Crippen LogP) is 3.52. The van der Waals surface area contributed by atoms with Crippen molar-refractivity contribution in [1.29, 1.82) is 0 Å². The van der Waals surface area contributed by atoms with E-state index >= 15 is 0 Å². The van der Waals surface area contributed by atoms with Gasteiger partial charge in [0.1, 0.15) is 0 Å². The smallest absolute Gasteiger partial charge is 0.360 e. The number of nitrogens with one attached hydrogen (secondary N) is 2. The van der Waals surface area contributed by atoms with E-state index in [-0.39, 0.29) is 23.3 Å². The van der Waals surface area contributed by atoms with Crippen LogP contribution in [-0.4, -0.2) is 39.9 Å². The second-order valence-electron chi connectivity index (χ2n) is 6.60. The zero-order valence-electron chi connectivity index (χ0n) is 17.0. The molecule has 0 fully saturated rings. The molecular weight excluding hydrogens is 434 g/mol. The molecule has 0 bridgehead atoms. The van der Waals surface area contributed by atoms with Crippen LogP contribution in [0.1, 0.15) is 36.3 Å². The summed E-state index contributed by atoms with van der Waals surface area (Å²) in [6, 6.07) is 11.8. The lowest BCUT2D eigenvalue weighted by Crippen LogP contribution is -2.11. The van der Waals surface area contributed by atoms with Gasteiger partial charge in [-0.05, 0) is 55.0 Å². The molecule has 2 amide bonds. The van der Waals surface area contributed by atoms with E-state index in [1.807, 2.05) is 0 Å². The molecule has 10 nitrogen and oxygen atoms in total. The number of esters is 1. The van der Waals surface area contributed by atoms with E-state index in [0.717, 1.165) is 5.56 Å². The van der Waals surface area contributed by atoms with Gasteiger partial charge in [-0.1, -0.05) is 5.21 Å². The lowest BCUT2D eigenvalue weighted by atomic mass is 10.2. The van der Waals surface area contributed by atoms with Crippen LogP contribution in [0, 0.1) is 6.92 Å². The summed E-state index contributed by atoms with van der Waals surface area (Å²) in [6.45, 7) is 1.79. The molecule has 162 valence electrons. The van der Waals surface area contributed by atoms with Gasteiger partial charge in [-0.3, -0.25) is 9.59 Å². The Morgan fingerprint density at radius 2 is 1.88 bits per heavy atom. The van der Waals surface area contributed by atoms with Crippen molar-refractivity contribution in [1.82, 2.24) is 15.0 Å². The average Bonchev–Trinajstić information content (AvgIpc) is 3.55. The number of hydrogen-bond donors (Lipinski definition) is 2. The summed E-state index contributed by atoms with van der Waals surface area (Å²) in [5.41, 5.74) is 2.05. The molecule has 0 aliphatic rings. The van der Waals surface area contributed by atoms with Gasteiger partial charge in [0.05, 0.1) is 35.1 Å². The van der Waals surface area contributed by atoms with Crippen LogP contribution in [0.5, 0.6) is 0 Å². The summed E-state index contributed by atoms with van der Waals surface area (Å²) < 4.78 is 11.1. The fourth-order valence-electron chi connectivity index (χ4n) is 2.82. The van der Waals surface area contributed by atoms with Crippen LogP contribution in [0.15, 0.2) is 59.3 Å². The van der Waals surface area contributed by atoms with E-state index in [0.29, 0.717) is 21.3 Å². The van der Waals surface area contributed by atoms with Crippen molar-refractivity contribution in [3.05, 3.63) is 76.8 Å². The Labute approximate surface area is 185 Å². The highest BCUT2D eigenvalue weighted by atomic mass is 32.1. The zero-order valence-corrected chi connectivity index (χ0v) is 17.8. The number of nitrogens with zero attached hydrogens (tertiary/aromatic N) is 3. The van der Waals surface area contributed by atoms with E-state index in [1.165, 1.54) is 35.6 Å². The number of amides is 2. The number of carbonyl (C=O) groups excluding carboxylic acids is 3. The van der Waals surface area contributed by atoms with Gasteiger partial charge in [-0.15, -0.1) is 16.4 Å². The number of ether oxygens (including phenoxy) is 1. The predicted molar refractivity (Wildman–Crippen MR) is 116 cm³/mol. The highest BCUT2D eigenvalue weighted by Crippen LogP contribution is 2.28. The number of furan rings is 1. The number of carbonyl (C=O) groups is 3. The monoisotopic (exact) mass is 451 g/mol. The van der Waals surface area contributed by atoms with Gasteiger partial charge >= 0.3 is 5.97 Å². The lowest BCUT2D eigenvalue weighted by Gasteiger charge is -2.06. The van der Waals surface area contributed by atoms with Crippen LogP contribution >= 0.6 is 11.3 Å². The van der Waals surface area contributed by atoms with Crippen molar-refractivity contribution in [3.8, 4) is 5.69 Å². The first-order valence-electron chi connectivity index (χ1n) is 9.32. The second kappa shape index (κ2) is 8.86. The normalized spacial score (nSPS) is 10.6. The summed E-state index contributed by atoms with van der Waals surface area (Å²) in [6.07, 6.45) is 2.87. The first-order valence-corrected chi connectivity index (χ1v) is 10.1. The van der Waals surface area contributed by atoms with E-state index in [9.17, 15) is 14.4 Å². The topological polar surface area (TPSA) is 128 Å². The van der Waals surface area contributed by atoms with Crippen LogP contribution in [0.4, 0.5) is 10.7 Å². The highest BCUT2D eigenvalue weighted by Gasteiger charge is 2.17. The standard InChI is InChI=1S/C21H17N5O5S/c1-12-10-17(23-19(27)16-4-3-9-31-16)32-18(12)20(28)22-13-5-7-14(8-6-13)26-11-15(24-25-26)21(29)30-2/h3-11H,1-2H3,(H,22,28)(H,23,27). The molecule has 0 aliphatic carbocycles. The number of benzene rings is 1. The zero-order chi connectivity index (χ0) is 22.7. The minimum atomic E-state index is -0.578. The maximum absolute atomic E-state index is 12.7. The van der Waals surface area contributed by atoms with E-state index in [1.54, 1.807) is 49.4 Å². The van der Waals surface area contributed by atoms with Gasteiger partial charge in [-0.2, -0.15) is 0 Å². The molecule has 0 unspecified atom stereocenters. The summed E-state index contributed by atoms with van der Waals surface area (Å²) in [5.74, 6) is -1.07. The molecule has 32 heavy (non-hydrogen) atoms. The molecule has 0 atom stereocenters. The number of anilines is 2. The molecule has 3 aromatic heterocycles. The molecule has 0 saturated carbocycles. The molecule has 0 spiro atoms. The molecular formula is C21H17N5O5S. The minimum Gasteiger partial charge on any atom is -0.464 e. The fourth-order valence-corrected chi connectivity index (χ4v) is 3.79. The van der Waals surface area contributed by atoms with Crippen LogP contribution in [0.3, 0.4) is 0 Å². The van der Waals surface area contributed by atoms with Crippen LogP contribution in [0.25, 0.3) is 5.69 Å². The van der Waals surface area contributed by atoms with E-state index in [4.69, 9.17) is 4.42 Å². The Bertz CT molecular complexity index is 1270. The molecule has 3 heterocycles. The third-order valence-electron chi connectivity index (χ3n) is 4.38. The molecule has 1 aromatic carbocycles. The highest BCUT2D eigenvalue weighted by molar-refractivity contribution is 7.18. The van der Waals surface area contributed by atoms with E-state index < -0.39 is 5.97 Å². The van der Waals surface area contributed by atoms with Gasteiger partial charge in [0.15, 0.2) is 11.5 Å². The average molecular weight is 451 g/mol. The summed E-state index contributed by atoms with van der Waals surface area (Å²) >= 11 is 1.17. The van der Waals surface area contributed by atoms with Crippen LogP contribution in [-0.2, 0) is 4.74 Å². The largest absolute Gasteiger partial charge is 0.464 e. The number of hydrogen-bond acceptors (Lipinski definition) is 8. The van der Waals surface area contributed by atoms with Crippen molar-refractivity contribution >= 4 is 39.8 Å². The van der Waals surface area contributed by atoms with E-state index in [2.05, 4.69) is 25.7 Å². The van der Waals surface area contributed by atoms with Crippen molar-refractivity contribution in [3.63, 3.8) is 0 Å². The quantitative estimate of drug-likeness (QED) is 0.429. The maximum Gasteiger partial charge on any atom is 0.360 e. The SMILES string of the molecule is COC(=O)c1cn(-c2ccc(NC(=O)c3sc(NC(=O)c4ccco4)cc3C)cc2)nn1. The summed E-state index contributed by atoms with van der Waals surface area (Å²) in [4.78, 5) is 36.8. The van der Waals surface area contributed by atoms with Crippen LogP contribution in [0.2, 0.25) is 0 Å². The van der Waals surface area contributed by atoms with Gasteiger partial charge in [-0.25, -0.2) is 9.48 Å². The number of methoxy groups -OCH3 is 1. The third-order valence-corrected chi connectivity index (χ3v) is 5.53. The Morgan fingerprint density at radius 1 is 1.09 bits per heavy atom. The lowest BCUT2D eigenvalue weighted by molar-refractivity contribution is 0.0593. The Hall–Kier alpha value is -4.25. The van der Waals surface area contributed by atoms with Crippen molar-refractivity contribution in [2.24, 2.45) is 0 Å². The number of aryl methyl sites for hydroxylation is 1. The molecule has 2 N–H and O–H groups in total. The fraction of sp³-hybridized carbons (Fsp3) is 0.0952. The van der Waals surface area contributed by atoms with Crippen molar-refractivity contribution in [2.75, 3.05) is 17.7 Å². The van der Waals surface area contributed by atoms with Crippen molar-refractivity contribution < 1.29 is 23.5 Å². The Balaban J connectivity index is 1.43. The third kappa shape index (κ3) is 4.42. The molecule has 0 aliphatic heterocycles. The summed E-state index contributed by atoms with van der Waals surface area (Å²) in [5, 5.41) is 13.7. The molecule has 0 saturated heterocycles. The first kappa shape index (κ1) is 21.0. The molecule has 4 aromatic rings. The number of rotatable bonds is 6. The first-order chi connectivity index (χ1) is 15.4.